The molecule has 0 unspecified atom stereocenters. The molecule has 4 heteroatoms. The summed E-state index contributed by atoms with van der Waals surface area (Å²) in [4.78, 5) is 19.9. The van der Waals surface area contributed by atoms with Crippen LogP contribution in [0.1, 0.15) is 49.0 Å². The Hall–Kier alpha value is -1.45. The van der Waals surface area contributed by atoms with Crippen molar-refractivity contribution in [1.29, 1.82) is 0 Å². The third-order valence-electron chi connectivity index (χ3n) is 3.34. The average molecular weight is 234 g/mol. The first-order valence-corrected chi connectivity index (χ1v) is 6.19. The SMILES string of the molecule is COc1cc(C(=O)CC2CCCCC2)ncn1. The van der Waals surface area contributed by atoms with E-state index in [-0.39, 0.29) is 5.78 Å². The maximum atomic E-state index is 12.0. The van der Waals surface area contributed by atoms with E-state index in [1.807, 2.05) is 0 Å². The van der Waals surface area contributed by atoms with Gasteiger partial charge in [-0.25, -0.2) is 9.97 Å². The molecule has 0 aliphatic heterocycles. The van der Waals surface area contributed by atoms with Crippen LogP contribution in [0.4, 0.5) is 0 Å². The van der Waals surface area contributed by atoms with E-state index in [0.29, 0.717) is 23.9 Å². The quantitative estimate of drug-likeness (QED) is 0.751. The number of methoxy groups -OCH3 is 1. The zero-order valence-corrected chi connectivity index (χ0v) is 10.2. The van der Waals surface area contributed by atoms with Crippen LogP contribution in [0.2, 0.25) is 0 Å². The van der Waals surface area contributed by atoms with E-state index < -0.39 is 0 Å². The Morgan fingerprint density at radius 2 is 2.12 bits per heavy atom. The summed E-state index contributed by atoms with van der Waals surface area (Å²) in [6.07, 6.45) is 8.16. The zero-order valence-electron chi connectivity index (χ0n) is 10.2. The molecule has 1 aromatic rings. The lowest BCUT2D eigenvalue weighted by molar-refractivity contribution is 0.0944. The number of nitrogens with zero attached hydrogens (tertiary/aromatic N) is 2. The molecule has 2 rings (SSSR count). The molecule has 0 saturated heterocycles. The van der Waals surface area contributed by atoms with Gasteiger partial charge in [0, 0.05) is 12.5 Å². The highest BCUT2D eigenvalue weighted by Crippen LogP contribution is 2.27. The highest BCUT2D eigenvalue weighted by Gasteiger charge is 2.19. The molecule has 1 fully saturated rings. The van der Waals surface area contributed by atoms with E-state index in [9.17, 15) is 4.79 Å². The van der Waals surface area contributed by atoms with E-state index >= 15 is 0 Å². The maximum absolute atomic E-state index is 12.0. The molecule has 0 N–H and O–H groups in total. The number of ketones is 1. The number of rotatable bonds is 4. The number of hydrogen-bond donors (Lipinski definition) is 0. The van der Waals surface area contributed by atoms with E-state index in [0.717, 1.165) is 0 Å². The second-order valence-corrected chi connectivity index (χ2v) is 4.58. The topological polar surface area (TPSA) is 52.1 Å². The fraction of sp³-hybridized carbons (Fsp3) is 0.615. The van der Waals surface area contributed by atoms with Crippen LogP contribution in [0, 0.1) is 5.92 Å². The van der Waals surface area contributed by atoms with Gasteiger partial charge in [0.2, 0.25) is 5.88 Å². The van der Waals surface area contributed by atoms with Crippen molar-refractivity contribution in [3.05, 3.63) is 18.1 Å². The highest BCUT2D eigenvalue weighted by atomic mass is 16.5. The van der Waals surface area contributed by atoms with Gasteiger partial charge in [0.05, 0.1) is 7.11 Å². The Labute approximate surface area is 101 Å². The number of aromatic nitrogens is 2. The Kier molecular flexibility index (Phi) is 4.07. The summed E-state index contributed by atoms with van der Waals surface area (Å²) in [5.74, 6) is 1.10. The normalized spacial score (nSPS) is 16.8. The Bertz CT molecular complexity index is 387. The predicted octanol–water partition coefficient (Wildman–Crippen LogP) is 2.64. The number of carbonyl (C=O) groups excluding carboxylic acids is 1. The molecule has 17 heavy (non-hydrogen) atoms. The van der Waals surface area contributed by atoms with Gasteiger partial charge < -0.3 is 4.74 Å². The van der Waals surface area contributed by atoms with Gasteiger partial charge in [0.1, 0.15) is 12.0 Å². The molecule has 1 aromatic heterocycles. The van der Waals surface area contributed by atoms with Gasteiger partial charge in [0.15, 0.2) is 5.78 Å². The van der Waals surface area contributed by atoms with Crippen LogP contribution in [0.25, 0.3) is 0 Å². The van der Waals surface area contributed by atoms with Gasteiger partial charge in [-0.05, 0) is 5.92 Å². The minimum Gasteiger partial charge on any atom is -0.481 e. The minimum atomic E-state index is 0.109. The Balaban J connectivity index is 1.98. The first kappa shape index (κ1) is 12.0. The molecule has 0 atom stereocenters. The van der Waals surface area contributed by atoms with Crippen LogP contribution in [0.15, 0.2) is 12.4 Å². The molecular weight excluding hydrogens is 216 g/mol. The van der Waals surface area contributed by atoms with E-state index in [1.54, 1.807) is 6.07 Å². The Morgan fingerprint density at radius 3 is 2.82 bits per heavy atom. The summed E-state index contributed by atoms with van der Waals surface area (Å²) in [5, 5.41) is 0. The second-order valence-electron chi connectivity index (χ2n) is 4.58. The lowest BCUT2D eigenvalue weighted by atomic mass is 9.85. The predicted molar refractivity (Wildman–Crippen MR) is 64.1 cm³/mol. The van der Waals surface area contributed by atoms with Crippen molar-refractivity contribution in [2.24, 2.45) is 5.92 Å². The monoisotopic (exact) mass is 234 g/mol. The van der Waals surface area contributed by atoms with Crippen molar-refractivity contribution >= 4 is 5.78 Å². The molecule has 1 heterocycles. The summed E-state index contributed by atoms with van der Waals surface area (Å²) in [6, 6.07) is 1.62. The molecule has 4 nitrogen and oxygen atoms in total. The van der Waals surface area contributed by atoms with Crippen LogP contribution < -0.4 is 4.74 Å². The van der Waals surface area contributed by atoms with Gasteiger partial charge in [-0.1, -0.05) is 32.1 Å². The summed E-state index contributed by atoms with van der Waals surface area (Å²) in [7, 11) is 1.54. The lowest BCUT2D eigenvalue weighted by Crippen LogP contribution is -2.13. The zero-order chi connectivity index (χ0) is 12.1. The molecule has 1 saturated carbocycles. The van der Waals surface area contributed by atoms with Gasteiger partial charge in [-0.2, -0.15) is 0 Å². The van der Waals surface area contributed by atoms with Gasteiger partial charge >= 0.3 is 0 Å². The van der Waals surface area contributed by atoms with Gasteiger partial charge in [0.25, 0.3) is 0 Å². The van der Waals surface area contributed by atoms with E-state index in [1.165, 1.54) is 45.5 Å². The molecule has 0 amide bonds. The first-order valence-electron chi connectivity index (χ1n) is 6.19. The van der Waals surface area contributed by atoms with Crippen molar-refractivity contribution in [2.45, 2.75) is 38.5 Å². The fourth-order valence-electron chi connectivity index (χ4n) is 2.36. The number of carbonyl (C=O) groups is 1. The standard InChI is InChI=1S/C13H18N2O2/c1-17-13-8-11(14-9-15-13)12(16)7-10-5-3-2-4-6-10/h8-10H,2-7H2,1H3. The third-order valence-corrected chi connectivity index (χ3v) is 3.34. The average Bonchev–Trinajstić information content (AvgIpc) is 2.40. The van der Waals surface area contributed by atoms with Crippen LogP contribution in [0.5, 0.6) is 5.88 Å². The molecule has 1 aliphatic rings. The molecule has 92 valence electrons. The van der Waals surface area contributed by atoms with Crippen molar-refractivity contribution in [3.63, 3.8) is 0 Å². The molecule has 1 aliphatic carbocycles. The molecule has 0 aromatic carbocycles. The second kappa shape index (κ2) is 5.75. The molecular formula is C13H18N2O2. The molecule has 0 spiro atoms. The third kappa shape index (κ3) is 3.25. The Morgan fingerprint density at radius 1 is 1.35 bits per heavy atom. The minimum absolute atomic E-state index is 0.109. The fourth-order valence-corrected chi connectivity index (χ4v) is 2.36. The van der Waals surface area contributed by atoms with Crippen LogP contribution >= 0.6 is 0 Å². The molecule has 0 bridgehead atoms. The van der Waals surface area contributed by atoms with Crippen LogP contribution in [-0.4, -0.2) is 22.9 Å². The number of hydrogen-bond acceptors (Lipinski definition) is 4. The van der Waals surface area contributed by atoms with E-state index in [2.05, 4.69) is 9.97 Å². The van der Waals surface area contributed by atoms with Crippen LogP contribution in [0.3, 0.4) is 0 Å². The van der Waals surface area contributed by atoms with Crippen molar-refractivity contribution in [2.75, 3.05) is 7.11 Å². The summed E-state index contributed by atoms with van der Waals surface area (Å²) in [6.45, 7) is 0. The van der Waals surface area contributed by atoms with Crippen molar-refractivity contribution in [3.8, 4) is 5.88 Å². The number of ether oxygens (including phenoxy) is 1. The van der Waals surface area contributed by atoms with Crippen molar-refractivity contribution < 1.29 is 9.53 Å². The largest absolute Gasteiger partial charge is 0.481 e. The summed E-state index contributed by atoms with van der Waals surface area (Å²) >= 11 is 0. The first-order chi connectivity index (χ1) is 8.29. The summed E-state index contributed by atoms with van der Waals surface area (Å²) in [5.41, 5.74) is 0.474. The number of Topliss-reactive ketones (excluding diaryl/α,β-unsaturated/α-hetero) is 1. The smallest absolute Gasteiger partial charge is 0.216 e. The molecule has 0 radical (unpaired) electrons. The van der Waals surface area contributed by atoms with Gasteiger partial charge in [-0.3, -0.25) is 4.79 Å². The van der Waals surface area contributed by atoms with Crippen LogP contribution in [-0.2, 0) is 0 Å². The lowest BCUT2D eigenvalue weighted by Gasteiger charge is -2.20. The van der Waals surface area contributed by atoms with Gasteiger partial charge in [-0.15, -0.1) is 0 Å². The van der Waals surface area contributed by atoms with Crippen molar-refractivity contribution in [1.82, 2.24) is 9.97 Å². The summed E-state index contributed by atoms with van der Waals surface area (Å²) < 4.78 is 4.99. The highest BCUT2D eigenvalue weighted by molar-refractivity contribution is 5.94. The van der Waals surface area contributed by atoms with E-state index in [4.69, 9.17) is 4.74 Å². The maximum Gasteiger partial charge on any atom is 0.216 e.